The van der Waals surface area contributed by atoms with Gasteiger partial charge >= 0.3 is 6.03 Å². The molecule has 1 rings (SSSR count). The highest BCUT2D eigenvalue weighted by atomic mass is 19.3. The molecule has 0 unspecified atom stereocenters. The Bertz CT molecular complexity index is 399. The molecule has 94 valence electrons. The lowest BCUT2D eigenvalue weighted by atomic mass is 10.3. The second kappa shape index (κ2) is 5.97. The smallest absolute Gasteiger partial charge is 0.320 e. The fourth-order valence-corrected chi connectivity index (χ4v) is 1.12. The average Bonchev–Trinajstić information content (AvgIpc) is 2.27. The number of ether oxygens (including phenoxy) is 1. The largest absolute Gasteiger partial charge is 0.493 e. The van der Waals surface area contributed by atoms with Crippen molar-refractivity contribution < 1.29 is 18.3 Å². The number of methoxy groups -OCH3 is 1. The number of nitrogens with zero attached hydrogens (tertiary/aromatic N) is 1. The van der Waals surface area contributed by atoms with Gasteiger partial charge in [0, 0.05) is 5.69 Å². The molecule has 0 aliphatic carbocycles. The Kier molecular flexibility index (Phi) is 4.62. The molecule has 0 atom stereocenters. The predicted octanol–water partition coefficient (Wildman–Crippen LogP) is 1.79. The first-order chi connectivity index (χ1) is 8.02. The molecule has 0 aliphatic rings. The van der Waals surface area contributed by atoms with Crippen LogP contribution in [0.1, 0.15) is 5.69 Å². The van der Waals surface area contributed by atoms with E-state index in [4.69, 9.17) is 4.74 Å². The molecule has 1 aromatic rings. The highest BCUT2D eigenvalue weighted by Gasteiger charge is 2.10. The number of halogens is 2. The number of nitrogens with one attached hydrogen (secondary N) is 2. The topological polar surface area (TPSA) is 63.2 Å². The average molecular weight is 245 g/mol. The number of hydrogen-bond acceptors (Lipinski definition) is 3. The van der Waals surface area contributed by atoms with Crippen LogP contribution in [0.25, 0.3) is 0 Å². The summed E-state index contributed by atoms with van der Waals surface area (Å²) in [5.74, 6) is 0.557. The van der Waals surface area contributed by atoms with Gasteiger partial charge in [-0.2, -0.15) is 0 Å². The lowest BCUT2D eigenvalue weighted by Gasteiger charge is -2.10. The van der Waals surface area contributed by atoms with Gasteiger partial charge in [0.1, 0.15) is 0 Å². The summed E-state index contributed by atoms with van der Waals surface area (Å²) in [7, 11) is 1.43. The minimum atomic E-state index is -2.59. The third kappa shape index (κ3) is 4.21. The van der Waals surface area contributed by atoms with Crippen molar-refractivity contribution in [2.24, 2.45) is 0 Å². The summed E-state index contributed by atoms with van der Waals surface area (Å²) in [6, 6.07) is 2.59. The van der Waals surface area contributed by atoms with Crippen LogP contribution >= 0.6 is 0 Å². The second-order valence-electron chi connectivity index (χ2n) is 3.23. The highest BCUT2D eigenvalue weighted by molar-refractivity contribution is 5.89. The lowest BCUT2D eigenvalue weighted by Crippen LogP contribution is -2.33. The Morgan fingerprint density at radius 2 is 2.24 bits per heavy atom. The zero-order chi connectivity index (χ0) is 12.8. The zero-order valence-corrected chi connectivity index (χ0v) is 9.46. The molecule has 0 fully saturated rings. The Morgan fingerprint density at radius 3 is 2.82 bits per heavy atom. The molecule has 0 bridgehead atoms. The molecule has 5 nitrogen and oxygen atoms in total. The van der Waals surface area contributed by atoms with E-state index in [-0.39, 0.29) is 5.82 Å². The molecule has 0 spiro atoms. The van der Waals surface area contributed by atoms with Crippen molar-refractivity contribution in [1.29, 1.82) is 0 Å². The number of amides is 2. The molecule has 0 saturated carbocycles. The van der Waals surface area contributed by atoms with Crippen LogP contribution in [-0.4, -0.2) is 31.1 Å². The van der Waals surface area contributed by atoms with E-state index in [1.807, 2.05) is 5.32 Å². The first kappa shape index (κ1) is 13.1. The maximum absolute atomic E-state index is 11.9. The number of aromatic nitrogens is 1. The molecule has 7 heteroatoms. The van der Waals surface area contributed by atoms with Gasteiger partial charge in [-0.25, -0.2) is 18.6 Å². The van der Waals surface area contributed by atoms with Crippen LogP contribution in [-0.2, 0) is 0 Å². The SMILES string of the molecule is COc1ccc(C)nc1NC(=O)NCC(F)F. The Morgan fingerprint density at radius 1 is 1.53 bits per heavy atom. The van der Waals surface area contributed by atoms with Gasteiger partial charge in [-0.1, -0.05) is 0 Å². The summed E-state index contributed by atoms with van der Waals surface area (Å²) in [4.78, 5) is 15.3. The number of rotatable bonds is 4. The molecular formula is C10H13F2N3O2. The van der Waals surface area contributed by atoms with Gasteiger partial charge in [0.2, 0.25) is 0 Å². The summed E-state index contributed by atoms with van der Waals surface area (Å²) in [5.41, 5.74) is 0.676. The van der Waals surface area contributed by atoms with Crippen molar-refractivity contribution in [2.75, 3.05) is 19.0 Å². The van der Waals surface area contributed by atoms with Gasteiger partial charge < -0.3 is 10.1 Å². The van der Waals surface area contributed by atoms with Crippen LogP contribution in [0.15, 0.2) is 12.1 Å². The van der Waals surface area contributed by atoms with Gasteiger partial charge in [0.05, 0.1) is 13.7 Å². The highest BCUT2D eigenvalue weighted by Crippen LogP contribution is 2.21. The maximum Gasteiger partial charge on any atom is 0.320 e. The number of pyridine rings is 1. The molecule has 2 N–H and O–H groups in total. The molecule has 1 aromatic heterocycles. The fraction of sp³-hybridized carbons (Fsp3) is 0.400. The van der Waals surface area contributed by atoms with Crippen LogP contribution in [0.5, 0.6) is 5.75 Å². The summed E-state index contributed by atoms with van der Waals surface area (Å²) >= 11 is 0. The first-order valence-corrected chi connectivity index (χ1v) is 4.87. The van der Waals surface area contributed by atoms with E-state index in [1.165, 1.54) is 7.11 Å². The van der Waals surface area contributed by atoms with Crippen LogP contribution in [0.3, 0.4) is 0 Å². The number of hydrogen-bond donors (Lipinski definition) is 2. The monoisotopic (exact) mass is 245 g/mol. The van der Waals surface area contributed by atoms with Crippen molar-refractivity contribution in [2.45, 2.75) is 13.3 Å². The van der Waals surface area contributed by atoms with Crippen molar-refractivity contribution >= 4 is 11.8 Å². The van der Waals surface area contributed by atoms with Crippen molar-refractivity contribution in [3.8, 4) is 5.75 Å². The number of anilines is 1. The van der Waals surface area contributed by atoms with Gasteiger partial charge in [-0.05, 0) is 19.1 Å². The van der Waals surface area contributed by atoms with E-state index < -0.39 is 19.0 Å². The Labute approximate surface area is 97.2 Å². The summed E-state index contributed by atoms with van der Waals surface area (Å²) in [5, 5.41) is 4.34. The number of aryl methyl sites for hydroxylation is 1. The van der Waals surface area contributed by atoms with E-state index in [0.29, 0.717) is 11.4 Å². The van der Waals surface area contributed by atoms with Gasteiger partial charge in [0.15, 0.2) is 11.6 Å². The van der Waals surface area contributed by atoms with Crippen LogP contribution in [0.4, 0.5) is 19.4 Å². The lowest BCUT2D eigenvalue weighted by molar-refractivity contribution is 0.148. The number of alkyl halides is 2. The van der Waals surface area contributed by atoms with E-state index in [2.05, 4.69) is 10.3 Å². The number of urea groups is 1. The Hall–Kier alpha value is -1.92. The van der Waals surface area contributed by atoms with E-state index in [9.17, 15) is 13.6 Å². The van der Waals surface area contributed by atoms with E-state index in [0.717, 1.165) is 0 Å². The van der Waals surface area contributed by atoms with Crippen molar-refractivity contribution in [3.63, 3.8) is 0 Å². The number of carbonyl (C=O) groups is 1. The molecule has 2 amide bonds. The third-order valence-corrected chi connectivity index (χ3v) is 1.87. The van der Waals surface area contributed by atoms with Crippen molar-refractivity contribution in [1.82, 2.24) is 10.3 Å². The third-order valence-electron chi connectivity index (χ3n) is 1.87. The standard InChI is InChI=1S/C10H13F2N3O2/c1-6-3-4-7(17-2)9(14-6)15-10(16)13-5-8(11)12/h3-4,8H,5H2,1-2H3,(H2,13,14,15,16). The van der Waals surface area contributed by atoms with Crippen LogP contribution in [0, 0.1) is 6.92 Å². The summed E-state index contributed by atoms with van der Waals surface area (Å²) in [6.07, 6.45) is -2.59. The molecule has 0 aromatic carbocycles. The second-order valence-corrected chi connectivity index (χ2v) is 3.23. The summed E-state index contributed by atoms with van der Waals surface area (Å²) < 4.78 is 28.7. The molecule has 0 radical (unpaired) electrons. The fourth-order valence-electron chi connectivity index (χ4n) is 1.12. The van der Waals surface area contributed by atoms with Gasteiger partial charge in [-0.15, -0.1) is 0 Å². The van der Waals surface area contributed by atoms with Crippen LogP contribution < -0.4 is 15.4 Å². The number of carbonyl (C=O) groups excluding carboxylic acids is 1. The molecule has 0 saturated heterocycles. The minimum absolute atomic E-state index is 0.194. The molecule has 1 heterocycles. The quantitative estimate of drug-likeness (QED) is 0.850. The molecule has 17 heavy (non-hydrogen) atoms. The van der Waals surface area contributed by atoms with Crippen molar-refractivity contribution in [3.05, 3.63) is 17.8 Å². The molecule has 0 aliphatic heterocycles. The van der Waals surface area contributed by atoms with Crippen LogP contribution in [0.2, 0.25) is 0 Å². The molecular weight excluding hydrogens is 232 g/mol. The zero-order valence-electron chi connectivity index (χ0n) is 9.46. The van der Waals surface area contributed by atoms with Gasteiger partial charge in [0.25, 0.3) is 6.43 Å². The maximum atomic E-state index is 11.9. The Balaban J connectivity index is 2.66. The first-order valence-electron chi connectivity index (χ1n) is 4.87. The van der Waals surface area contributed by atoms with E-state index in [1.54, 1.807) is 19.1 Å². The summed E-state index contributed by atoms with van der Waals surface area (Å²) in [6.45, 7) is 1.03. The normalized spacial score (nSPS) is 10.2. The predicted molar refractivity (Wildman–Crippen MR) is 58.6 cm³/mol. The minimum Gasteiger partial charge on any atom is -0.493 e. The van der Waals surface area contributed by atoms with Gasteiger partial charge in [-0.3, -0.25) is 5.32 Å². The van der Waals surface area contributed by atoms with E-state index >= 15 is 0 Å².